The first-order chi connectivity index (χ1) is 19.5. The number of carbonyl (C=O) groups excluding carboxylic acids is 1. The Morgan fingerprint density at radius 3 is 2.52 bits per heavy atom. The average Bonchev–Trinajstić information content (AvgIpc) is 3.40. The van der Waals surface area contributed by atoms with Crippen molar-refractivity contribution in [2.24, 2.45) is 5.10 Å². The number of benzene rings is 4. The number of hydrogen-bond donors (Lipinski definition) is 1. The molecule has 1 aromatic heterocycles. The summed E-state index contributed by atoms with van der Waals surface area (Å²) >= 11 is 7.36. The van der Waals surface area contributed by atoms with Crippen LogP contribution in [-0.4, -0.2) is 32.6 Å². The molecule has 9 heteroatoms. The van der Waals surface area contributed by atoms with Crippen molar-refractivity contribution in [1.82, 2.24) is 20.2 Å². The van der Waals surface area contributed by atoms with Crippen molar-refractivity contribution in [2.75, 3.05) is 5.75 Å². The SMILES string of the molecule is Cc1ccc(-n2c(SCC(=O)N/N=C/c3cccc(OCc4ccccc4)c3)nnc2-c2ccc(Cl)cc2)cc1. The van der Waals surface area contributed by atoms with Crippen LogP contribution in [0.3, 0.4) is 0 Å². The Morgan fingerprint density at radius 2 is 1.75 bits per heavy atom. The molecule has 0 saturated heterocycles. The largest absolute Gasteiger partial charge is 0.489 e. The molecule has 40 heavy (non-hydrogen) atoms. The third kappa shape index (κ3) is 7.16. The van der Waals surface area contributed by atoms with E-state index in [2.05, 4.69) is 20.7 Å². The molecule has 5 aromatic rings. The van der Waals surface area contributed by atoms with Crippen LogP contribution in [0.4, 0.5) is 0 Å². The molecule has 1 heterocycles. The molecule has 1 N–H and O–H groups in total. The van der Waals surface area contributed by atoms with E-state index < -0.39 is 0 Å². The van der Waals surface area contributed by atoms with Gasteiger partial charge in [0.15, 0.2) is 11.0 Å². The van der Waals surface area contributed by atoms with Gasteiger partial charge in [-0.2, -0.15) is 5.10 Å². The normalized spacial score (nSPS) is 11.1. The summed E-state index contributed by atoms with van der Waals surface area (Å²) in [6.45, 7) is 2.51. The lowest BCUT2D eigenvalue weighted by Crippen LogP contribution is -2.20. The summed E-state index contributed by atoms with van der Waals surface area (Å²) in [6.07, 6.45) is 1.59. The average molecular weight is 568 g/mol. The van der Waals surface area contributed by atoms with Crippen molar-refractivity contribution >= 4 is 35.5 Å². The number of hydrogen-bond acceptors (Lipinski definition) is 6. The molecule has 0 spiro atoms. The Morgan fingerprint density at radius 1 is 0.975 bits per heavy atom. The summed E-state index contributed by atoms with van der Waals surface area (Å²) < 4.78 is 7.80. The number of nitrogens with one attached hydrogen (secondary N) is 1. The summed E-state index contributed by atoms with van der Waals surface area (Å²) in [6, 6.07) is 33.0. The van der Waals surface area contributed by atoms with E-state index in [0.29, 0.717) is 22.6 Å². The molecule has 200 valence electrons. The fraction of sp³-hybridized carbons (Fsp3) is 0.0968. The van der Waals surface area contributed by atoms with E-state index in [9.17, 15) is 4.79 Å². The number of aryl methyl sites for hydroxylation is 1. The summed E-state index contributed by atoms with van der Waals surface area (Å²) in [7, 11) is 0. The maximum atomic E-state index is 12.6. The number of nitrogens with zero attached hydrogens (tertiary/aromatic N) is 4. The van der Waals surface area contributed by atoms with E-state index in [1.165, 1.54) is 11.8 Å². The Labute approximate surface area is 241 Å². The Bertz CT molecular complexity index is 1600. The summed E-state index contributed by atoms with van der Waals surface area (Å²) in [4.78, 5) is 12.6. The number of thioether (sulfide) groups is 1. The molecule has 1 amide bonds. The minimum atomic E-state index is -0.260. The second-order valence-electron chi connectivity index (χ2n) is 8.91. The van der Waals surface area contributed by atoms with Gasteiger partial charge in [0.2, 0.25) is 0 Å². The number of amides is 1. The Balaban J connectivity index is 1.22. The molecule has 7 nitrogen and oxygen atoms in total. The highest BCUT2D eigenvalue weighted by Gasteiger charge is 2.17. The van der Waals surface area contributed by atoms with E-state index in [1.54, 1.807) is 6.21 Å². The van der Waals surface area contributed by atoms with Gasteiger partial charge in [-0.05, 0) is 66.6 Å². The van der Waals surface area contributed by atoms with Gasteiger partial charge in [0.05, 0.1) is 12.0 Å². The molecular weight excluding hydrogens is 542 g/mol. The van der Waals surface area contributed by atoms with Crippen LogP contribution in [0.1, 0.15) is 16.7 Å². The molecule has 4 aromatic carbocycles. The topological polar surface area (TPSA) is 81.4 Å². The van der Waals surface area contributed by atoms with E-state index in [4.69, 9.17) is 16.3 Å². The molecule has 0 saturated carbocycles. The fourth-order valence-corrected chi connectivity index (χ4v) is 4.71. The predicted molar refractivity (Wildman–Crippen MR) is 160 cm³/mol. The van der Waals surface area contributed by atoms with Gasteiger partial charge in [0.25, 0.3) is 5.91 Å². The maximum Gasteiger partial charge on any atom is 0.250 e. The molecule has 0 atom stereocenters. The highest BCUT2D eigenvalue weighted by molar-refractivity contribution is 7.99. The molecule has 0 bridgehead atoms. The molecule has 0 aliphatic carbocycles. The molecule has 0 aliphatic rings. The Hall–Kier alpha value is -4.40. The van der Waals surface area contributed by atoms with Gasteiger partial charge in [-0.1, -0.05) is 83.5 Å². The molecular formula is C31H26ClN5O2S. The number of rotatable bonds is 10. The Kier molecular flexibility index (Phi) is 8.90. The third-order valence-electron chi connectivity index (χ3n) is 5.87. The highest BCUT2D eigenvalue weighted by Crippen LogP contribution is 2.29. The van der Waals surface area contributed by atoms with Gasteiger partial charge in [0, 0.05) is 16.3 Å². The van der Waals surface area contributed by atoms with Crippen molar-refractivity contribution in [1.29, 1.82) is 0 Å². The smallest absolute Gasteiger partial charge is 0.250 e. The predicted octanol–water partition coefficient (Wildman–Crippen LogP) is 6.72. The molecule has 0 unspecified atom stereocenters. The number of carbonyl (C=O) groups is 1. The first-order valence-corrected chi connectivity index (χ1v) is 13.9. The van der Waals surface area contributed by atoms with Gasteiger partial charge < -0.3 is 4.74 Å². The molecule has 0 radical (unpaired) electrons. The van der Waals surface area contributed by atoms with Gasteiger partial charge in [-0.15, -0.1) is 10.2 Å². The van der Waals surface area contributed by atoms with E-state index >= 15 is 0 Å². The lowest BCUT2D eigenvalue weighted by molar-refractivity contribution is -0.118. The van der Waals surface area contributed by atoms with E-state index in [1.807, 2.05) is 115 Å². The quantitative estimate of drug-likeness (QED) is 0.115. The van der Waals surface area contributed by atoms with Crippen LogP contribution in [-0.2, 0) is 11.4 Å². The number of halogens is 1. The first kappa shape index (κ1) is 27.2. The van der Waals surface area contributed by atoms with Crippen LogP contribution in [0.25, 0.3) is 17.1 Å². The fourth-order valence-electron chi connectivity index (χ4n) is 3.84. The first-order valence-electron chi connectivity index (χ1n) is 12.5. The van der Waals surface area contributed by atoms with E-state index in [-0.39, 0.29) is 11.7 Å². The van der Waals surface area contributed by atoms with Gasteiger partial charge in [0.1, 0.15) is 12.4 Å². The van der Waals surface area contributed by atoms with Crippen molar-refractivity contribution in [2.45, 2.75) is 18.7 Å². The summed E-state index contributed by atoms with van der Waals surface area (Å²) in [5, 5.41) is 14.1. The van der Waals surface area contributed by atoms with Crippen LogP contribution >= 0.6 is 23.4 Å². The van der Waals surface area contributed by atoms with Crippen molar-refractivity contribution in [3.05, 3.63) is 125 Å². The molecule has 0 fully saturated rings. The number of hydrazone groups is 1. The van der Waals surface area contributed by atoms with Gasteiger partial charge >= 0.3 is 0 Å². The standard InChI is InChI=1S/C31H26ClN5O2S/c1-22-10-16-27(17-11-22)37-30(25-12-14-26(32)15-13-25)35-36-31(37)40-21-29(38)34-33-19-24-8-5-9-28(18-24)39-20-23-6-3-2-4-7-23/h2-19H,20-21H2,1H3,(H,34,38)/b33-19+. The molecule has 5 rings (SSSR count). The number of aromatic nitrogens is 3. The van der Waals surface area contributed by atoms with Gasteiger partial charge in [-0.3, -0.25) is 9.36 Å². The van der Waals surface area contributed by atoms with Crippen LogP contribution < -0.4 is 10.2 Å². The second kappa shape index (κ2) is 13.1. The van der Waals surface area contributed by atoms with Crippen molar-refractivity contribution in [3.8, 4) is 22.8 Å². The highest BCUT2D eigenvalue weighted by atomic mass is 35.5. The summed E-state index contributed by atoms with van der Waals surface area (Å²) in [5.74, 6) is 1.24. The zero-order valence-corrected chi connectivity index (χ0v) is 23.3. The van der Waals surface area contributed by atoms with Crippen molar-refractivity contribution in [3.63, 3.8) is 0 Å². The van der Waals surface area contributed by atoms with Crippen LogP contribution in [0.2, 0.25) is 5.02 Å². The molecule has 0 aliphatic heterocycles. The second-order valence-corrected chi connectivity index (χ2v) is 10.3. The third-order valence-corrected chi connectivity index (χ3v) is 7.05. The lowest BCUT2D eigenvalue weighted by Gasteiger charge is -2.10. The number of ether oxygens (including phenoxy) is 1. The monoisotopic (exact) mass is 567 g/mol. The van der Waals surface area contributed by atoms with Crippen molar-refractivity contribution < 1.29 is 9.53 Å². The summed E-state index contributed by atoms with van der Waals surface area (Å²) in [5.41, 5.74) is 7.40. The van der Waals surface area contributed by atoms with Crippen LogP contribution in [0, 0.1) is 6.92 Å². The zero-order chi connectivity index (χ0) is 27.7. The van der Waals surface area contributed by atoms with Crippen LogP contribution in [0.5, 0.6) is 5.75 Å². The van der Waals surface area contributed by atoms with Crippen LogP contribution in [0.15, 0.2) is 113 Å². The zero-order valence-electron chi connectivity index (χ0n) is 21.7. The lowest BCUT2D eigenvalue weighted by atomic mass is 10.2. The minimum Gasteiger partial charge on any atom is -0.489 e. The maximum absolute atomic E-state index is 12.6. The minimum absolute atomic E-state index is 0.113. The van der Waals surface area contributed by atoms with Gasteiger partial charge in [-0.25, -0.2) is 5.43 Å². The van der Waals surface area contributed by atoms with E-state index in [0.717, 1.165) is 33.7 Å².